The lowest BCUT2D eigenvalue weighted by molar-refractivity contribution is 0.173. The molecule has 0 aromatic heterocycles. The SMILES string of the molecule is C[C@H](O)C[C@@H](CNC(=O)N1C[C@H](C)c2ccccc21)c1ccccc1. The van der Waals surface area contributed by atoms with Crippen molar-refractivity contribution in [2.24, 2.45) is 0 Å². The van der Waals surface area contributed by atoms with E-state index in [9.17, 15) is 9.90 Å². The number of urea groups is 1. The number of aliphatic hydroxyl groups excluding tert-OH is 1. The van der Waals surface area contributed by atoms with E-state index in [1.807, 2.05) is 53.4 Å². The first-order valence-corrected chi connectivity index (χ1v) is 8.93. The van der Waals surface area contributed by atoms with E-state index in [-0.39, 0.29) is 11.9 Å². The van der Waals surface area contributed by atoms with Crippen LogP contribution in [0.5, 0.6) is 0 Å². The average Bonchev–Trinajstić information content (AvgIpc) is 2.96. The fraction of sp³-hybridized carbons (Fsp3) is 0.381. The summed E-state index contributed by atoms with van der Waals surface area (Å²) in [5.74, 6) is 0.449. The zero-order valence-electron chi connectivity index (χ0n) is 14.9. The molecule has 0 fully saturated rings. The van der Waals surface area contributed by atoms with Gasteiger partial charge >= 0.3 is 6.03 Å². The molecule has 0 saturated heterocycles. The number of hydrogen-bond donors (Lipinski definition) is 2. The van der Waals surface area contributed by atoms with E-state index in [1.54, 1.807) is 6.92 Å². The number of benzene rings is 2. The van der Waals surface area contributed by atoms with Gasteiger partial charge in [0.25, 0.3) is 0 Å². The Kier molecular flexibility index (Phi) is 5.39. The van der Waals surface area contributed by atoms with Crippen molar-refractivity contribution in [3.63, 3.8) is 0 Å². The van der Waals surface area contributed by atoms with Crippen LogP contribution >= 0.6 is 0 Å². The molecule has 4 nitrogen and oxygen atoms in total. The van der Waals surface area contributed by atoms with E-state index >= 15 is 0 Å². The monoisotopic (exact) mass is 338 g/mol. The first-order chi connectivity index (χ1) is 12.1. The van der Waals surface area contributed by atoms with Gasteiger partial charge in [0.05, 0.1) is 6.10 Å². The summed E-state index contributed by atoms with van der Waals surface area (Å²) in [4.78, 5) is 14.6. The summed E-state index contributed by atoms with van der Waals surface area (Å²) in [6.45, 7) is 5.15. The Labute approximate surface area is 149 Å². The fourth-order valence-electron chi connectivity index (χ4n) is 3.59. The van der Waals surface area contributed by atoms with Crippen LogP contribution in [-0.2, 0) is 0 Å². The quantitative estimate of drug-likeness (QED) is 0.869. The summed E-state index contributed by atoms with van der Waals surface area (Å²) < 4.78 is 0. The predicted octanol–water partition coefficient (Wildman–Crippen LogP) is 3.87. The predicted molar refractivity (Wildman–Crippen MR) is 101 cm³/mol. The largest absolute Gasteiger partial charge is 0.393 e. The maximum absolute atomic E-state index is 12.7. The van der Waals surface area contributed by atoms with Crippen LogP contribution in [0, 0.1) is 0 Å². The molecule has 4 heteroatoms. The highest BCUT2D eigenvalue weighted by molar-refractivity contribution is 5.94. The lowest BCUT2D eigenvalue weighted by Crippen LogP contribution is -2.41. The Morgan fingerprint density at radius 1 is 1.20 bits per heavy atom. The van der Waals surface area contributed by atoms with Gasteiger partial charge in [0.1, 0.15) is 0 Å². The zero-order chi connectivity index (χ0) is 17.8. The molecule has 2 aromatic rings. The standard InChI is InChI=1S/C21H26N2O2/c1-15-14-23(20-11-7-6-10-19(15)20)21(25)22-13-18(12-16(2)24)17-8-4-3-5-9-17/h3-11,15-16,18,24H,12-14H2,1-2H3,(H,22,25)/t15-,16-,18-/m0/s1. The molecule has 0 aliphatic carbocycles. The van der Waals surface area contributed by atoms with Crippen molar-refractivity contribution in [1.29, 1.82) is 0 Å². The van der Waals surface area contributed by atoms with Gasteiger partial charge in [0.15, 0.2) is 0 Å². The summed E-state index contributed by atoms with van der Waals surface area (Å²) in [5, 5.41) is 12.9. The molecule has 3 rings (SSSR count). The van der Waals surface area contributed by atoms with Crippen LogP contribution in [0.3, 0.4) is 0 Å². The number of nitrogens with one attached hydrogen (secondary N) is 1. The second-order valence-corrected chi connectivity index (χ2v) is 6.95. The molecule has 1 heterocycles. The van der Waals surface area contributed by atoms with Crippen molar-refractivity contribution in [3.05, 3.63) is 65.7 Å². The first kappa shape index (κ1) is 17.5. The molecular weight excluding hydrogens is 312 g/mol. The van der Waals surface area contributed by atoms with Gasteiger partial charge < -0.3 is 10.4 Å². The molecule has 2 N–H and O–H groups in total. The maximum Gasteiger partial charge on any atom is 0.321 e. The van der Waals surface area contributed by atoms with Crippen molar-refractivity contribution in [1.82, 2.24) is 5.32 Å². The van der Waals surface area contributed by atoms with Crippen molar-refractivity contribution < 1.29 is 9.90 Å². The van der Waals surface area contributed by atoms with E-state index in [2.05, 4.69) is 18.3 Å². The maximum atomic E-state index is 12.7. The third kappa shape index (κ3) is 4.02. The van der Waals surface area contributed by atoms with Gasteiger partial charge in [-0.1, -0.05) is 55.5 Å². The van der Waals surface area contributed by atoms with Crippen molar-refractivity contribution in [3.8, 4) is 0 Å². The highest BCUT2D eigenvalue weighted by atomic mass is 16.3. The number of fused-ring (bicyclic) bond motifs is 1. The molecule has 0 saturated carbocycles. The Hall–Kier alpha value is -2.33. The fourth-order valence-corrected chi connectivity index (χ4v) is 3.59. The number of carbonyl (C=O) groups excluding carboxylic acids is 1. The summed E-state index contributed by atoms with van der Waals surface area (Å²) in [5.41, 5.74) is 3.36. The summed E-state index contributed by atoms with van der Waals surface area (Å²) in [6, 6.07) is 18.1. The van der Waals surface area contributed by atoms with E-state index in [1.165, 1.54) is 5.56 Å². The normalized spacial score (nSPS) is 18.5. The van der Waals surface area contributed by atoms with Crippen LogP contribution < -0.4 is 10.2 Å². The first-order valence-electron chi connectivity index (χ1n) is 8.93. The lowest BCUT2D eigenvalue weighted by atomic mass is 9.93. The van der Waals surface area contributed by atoms with Gasteiger partial charge in [0.2, 0.25) is 0 Å². The molecular formula is C21H26N2O2. The summed E-state index contributed by atoms with van der Waals surface area (Å²) in [7, 11) is 0. The van der Waals surface area contributed by atoms with Gasteiger partial charge in [0, 0.05) is 30.6 Å². The minimum atomic E-state index is -0.408. The number of aliphatic hydroxyl groups is 1. The topological polar surface area (TPSA) is 52.6 Å². The smallest absolute Gasteiger partial charge is 0.321 e. The second-order valence-electron chi connectivity index (χ2n) is 6.95. The summed E-state index contributed by atoms with van der Waals surface area (Å²) >= 11 is 0. The number of para-hydroxylation sites is 1. The minimum absolute atomic E-state index is 0.0664. The van der Waals surface area contributed by atoms with Crippen molar-refractivity contribution in [2.75, 3.05) is 18.0 Å². The van der Waals surface area contributed by atoms with Gasteiger partial charge in [-0.2, -0.15) is 0 Å². The molecule has 3 atom stereocenters. The zero-order valence-corrected chi connectivity index (χ0v) is 14.9. The number of amides is 2. The van der Waals surface area contributed by atoms with E-state index in [0.717, 1.165) is 11.3 Å². The van der Waals surface area contributed by atoms with Gasteiger partial charge in [-0.05, 0) is 30.5 Å². The van der Waals surface area contributed by atoms with E-state index in [4.69, 9.17) is 0 Å². The van der Waals surface area contributed by atoms with Gasteiger partial charge in [-0.3, -0.25) is 4.90 Å². The molecule has 1 aliphatic rings. The Balaban J connectivity index is 1.68. The highest BCUT2D eigenvalue weighted by Crippen LogP contribution is 2.35. The Morgan fingerprint density at radius 2 is 1.88 bits per heavy atom. The van der Waals surface area contributed by atoms with Gasteiger partial charge in [-0.25, -0.2) is 4.79 Å². The number of anilines is 1. The molecule has 0 unspecified atom stereocenters. The molecule has 1 aliphatic heterocycles. The average molecular weight is 338 g/mol. The van der Waals surface area contributed by atoms with Crippen LogP contribution in [-0.4, -0.2) is 30.3 Å². The van der Waals surface area contributed by atoms with Crippen molar-refractivity contribution in [2.45, 2.75) is 38.2 Å². The van der Waals surface area contributed by atoms with E-state index < -0.39 is 6.10 Å². The molecule has 25 heavy (non-hydrogen) atoms. The van der Waals surface area contributed by atoms with Crippen LogP contribution in [0.4, 0.5) is 10.5 Å². The van der Waals surface area contributed by atoms with Crippen LogP contribution in [0.15, 0.2) is 54.6 Å². The lowest BCUT2D eigenvalue weighted by Gasteiger charge is -2.23. The molecule has 2 aromatic carbocycles. The number of nitrogens with zero attached hydrogens (tertiary/aromatic N) is 1. The minimum Gasteiger partial charge on any atom is -0.393 e. The molecule has 0 spiro atoms. The third-order valence-corrected chi connectivity index (χ3v) is 4.86. The molecule has 2 amide bonds. The van der Waals surface area contributed by atoms with Crippen LogP contribution in [0.2, 0.25) is 0 Å². The van der Waals surface area contributed by atoms with Crippen LogP contribution in [0.25, 0.3) is 0 Å². The molecule has 132 valence electrons. The molecule has 0 radical (unpaired) electrons. The van der Waals surface area contributed by atoms with Crippen molar-refractivity contribution >= 4 is 11.7 Å². The number of rotatable bonds is 5. The second kappa shape index (κ2) is 7.70. The highest BCUT2D eigenvalue weighted by Gasteiger charge is 2.29. The number of hydrogen-bond acceptors (Lipinski definition) is 2. The van der Waals surface area contributed by atoms with E-state index in [0.29, 0.717) is 25.4 Å². The van der Waals surface area contributed by atoms with Gasteiger partial charge in [-0.15, -0.1) is 0 Å². The third-order valence-electron chi connectivity index (χ3n) is 4.86. The number of carbonyl (C=O) groups is 1. The Bertz CT molecular complexity index is 715. The Morgan fingerprint density at radius 3 is 2.60 bits per heavy atom. The van der Waals surface area contributed by atoms with Crippen LogP contribution in [0.1, 0.15) is 43.2 Å². The molecule has 0 bridgehead atoms. The summed E-state index contributed by atoms with van der Waals surface area (Å²) in [6.07, 6.45) is 0.215.